The van der Waals surface area contributed by atoms with Gasteiger partial charge in [-0.1, -0.05) is 43.7 Å². The molecule has 0 bridgehead atoms. The van der Waals surface area contributed by atoms with Crippen molar-refractivity contribution >= 4 is 22.4 Å². The summed E-state index contributed by atoms with van der Waals surface area (Å²) in [6.07, 6.45) is 1.47. The number of fused-ring (bicyclic) bond motifs is 1. The number of carbonyl (C=O) groups is 1. The summed E-state index contributed by atoms with van der Waals surface area (Å²) in [7, 11) is 0. The highest BCUT2D eigenvalue weighted by atomic mass is 16.4. The Kier molecular flexibility index (Phi) is 3.82. The van der Waals surface area contributed by atoms with E-state index in [1.807, 2.05) is 49.4 Å². The minimum atomic E-state index is -0.801. The van der Waals surface area contributed by atoms with Gasteiger partial charge >= 0.3 is 5.97 Å². The molecular weight excluding hydrogens is 226 g/mol. The lowest BCUT2D eigenvalue weighted by atomic mass is 10.1. The summed E-state index contributed by atoms with van der Waals surface area (Å²) in [5, 5.41) is 14.5. The van der Waals surface area contributed by atoms with Gasteiger partial charge in [0.15, 0.2) is 0 Å². The lowest BCUT2D eigenvalue weighted by molar-refractivity contribution is -0.138. The fourth-order valence-corrected chi connectivity index (χ4v) is 2.03. The van der Waals surface area contributed by atoms with Crippen LogP contribution in [0.25, 0.3) is 10.8 Å². The van der Waals surface area contributed by atoms with E-state index >= 15 is 0 Å². The van der Waals surface area contributed by atoms with E-state index in [9.17, 15) is 4.79 Å². The van der Waals surface area contributed by atoms with Crippen molar-refractivity contribution in [2.45, 2.75) is 25.8 Å². The summed E-state index contributed by atoms with van der Waals surface area (Å²) < 4.78 is 0. The number of hydrogen-bond acceptors (Lipinski definition) is 2. The topological polar surface area (TPSA) is 49.3 Å². The molecule has 0 amide bonds. The first-order valence-electron chi connectivity index (χ1n) is 6.19. The van der Waals surface area contributed by atoms with Gasteiger partial charge in [0.05, 0.1) is 0 Å². The minimum Gasteiger partial charge on any atom is -0.480 e. The molecule has 0 heterocycles. The SMILES string of the molecule is CCC[C@H](Nc1ccc2ccccc2c1)C(=O)O. The molecule has 2 N–H and O–H groups in total. The smallest absolute Gasteiger partial charge is 0.326 e. The number of nitrogens with one attached hydrogen (secondary N) is 1. The molecule has 1 atom stereocenters. The molecule has 0 spiro atoms. The van der Waals surface area contributed by atoms with Crippen LogP contribution in [0.5, 0.6) is 0 Å². The van der Waals surface area contributed by atoms with Crippen molar-refractivity contribution in [3.63, 3.8) is 0 Å². The van der Waals surface area contributed by atoms with Gasteiger partial charge in [0.2, 0.25) is 0 Å². The van der Waals surface area contributed by atoms with E-state index in [4.69, 9.17) is 5.11 Å². The Morgan fingerprint density at radius 1 is 1.22 bits per heavy atom. The van der Waals surface area contributed by atoms with Crippen LogP contribution in [-0.4, -0.2) is 17.1 Å². The van der Waals surface area contributed by atoms with Gasteiger partial charge in [-0.15, -0.1) is 0 Å². The predicted molar refractivity (Wildman–Crippen MR) is 73.9 cm³/mol. The van der Waals surface area contributed by atoms with Crippen molar-refractivity contribution in [3.05, 3.63) is 42.5 Å². The second kappa shape index (κ2) is 5.54. The first-order valence-corrected chi connectivity index (χ1v) is 6.19. The Morgan fingerprint density at radius 3 is 2.61 bits per heavy atom. The van der Waals surface area contributed by atoms with Gasteiger partial charge < -0.3 is 10.4 Å². The Bertz CT molecular complexity index is 551. The molecule has 0 aliphatic rings. The first kappa shape index (κ1) is 12.4. The lowest BCUT2D eigenvalue weighted by Crippen LogP contribution is -2.28. The van der Waals surface area contributed by atoms with Crippen molar-refractivity contribution in [1.29, 1.82) is 0 Å². The maximum atomic E-state index is 11.1. The number of rotatable bonds is 5. The number of aliphatic carboxylic acids is 1. The van der Waals surface area contributed by atoms with E-state index < -0.39 is 12.0 Å². The molecule has 2 aromatic rings. The fraction of sp³-hybridized carbons (Fsp3) is 0.267. The number of anilines is 1. The first-order chi connectivity index (χ1) is 8.70. The number of hydrogen-bond donors (Lipinski definition) is 2. The van der Waals surface area contributed by atoms with E-state index in [1.54, 1.807) is 0 Å². The molecule has 2 rings (SSSR count). The summed E-state index contributed by atoms with van der Waals surface area (Å²) in [5.74, 6) is -0.801. The molecule has 0 radical (unpaired) electrons. The van der Waals surface area contributed by atoms with E-state index in [-0.39, 0.29) is 0 Å². The molecule has 3 heteroatoms. The molecule has 0 saturated heterocycles. The van der Waals surface area contributed by atoms with E-state index in [0.717, 1.165) is 22.9 Å². The molecular formula is C15H17NO2. The molecule has 0 fully saturated rings. The van der Waals surface area contributed by atoms with Gasteiger partial charge in [-0.25, -0.2) is 4.79 Å². The Labute approximate surface area is 106 Å². The molecule has 0 aromatic heterocycles. The average Bonchev–Trinajstić information content (AvgIpc) is 2.38. The van der Waals surface area contributed by atoms with Crippen LogP contribution in [-0.2, 0) is 4.79 Å². The fourth-order valence-electron chi connectivity index (χ4n) is 2.03. The zero-order chi connectivity index (χ0) is 13.0. The van der Waals surface area contributed by atoms with Crippen LogP contribution in [0.4, 0.5) is 5.69 Å². The molecule has 0 unspecified atom stereocenters. The molecule has 3 nitrogen and oxygen atoms in total. The zero-order valence-electron chi connectivity index (χ0n) is 10.4. The molecule has 18 heavy (non-hydrogen) atoms. The van der Waals surface area contributed by atoms with E-state index in [0.29, 0.717) is 6.42 Å². The van der Waals surface area contributed by atoms with Crippen LogP contribution >= 0.6 is 0 Å². The number of carboxylic acid groups (broad SMARTS) is 1. The van der Waals surface area contributed by atoms with Crippen LogP contribution in [0.2, 0.25) is 0 Å². The van der Waals surface area contributed by atoms with Crippen molar-refractivity contribution in [3.8, 4) is 0 Å². The zero-order valence-corrected chi connectivity index (χ0v) is 10.4. The molecule has 0 aliphatic heterocycles. The number of benzene rings is 2. The maximum Gasteiger partial charge on any atom is 0.326 e. The monoisotopic (exact) mass is 243 g/mol. The lowest BCUT2D eigenvalue weighted by Gasteiger charge is -2.15. The second-order valence-electron chi connectivity index (χ2n) is 4.39. The summed E-state index contributed by atoms with van der Waals surface area (Å²) in [6, 6.07) is 13.4. The summed E-state index contributed by atoms with van der Waals surface area (Å²) in [5.41, 5.74) is 0.856. The van der Waals surface area contributed by atoms with Gasteiger partial charge in [0.25, 0.3) is 0 Å². The number of carboxylic acids is 1. The summed E-state index contributed by atoms with van der Waals surface area (Å²) in [4.78, 5) is 11.1. The highest BCUT2D eigenvalue weighted by Crippen LogP contribution is 2.20. The highest BCUT2D eigenvalue weighted by Gasteiger charge is 2.15. The Hall–Kier alpha value is -2.03. The van der Waals surface area contributed by atoms with Crippen LogP contribution in [0.1, 0.15) is 19.8 Å². The Morgan fingerprint density at radius 2 is 1.94 bits per heavy atom. The maximum absolute atomic E-state index is 11.1. The van der Waals surface area contributed by atoms with Crippen LogP contribution < -0.4 is 5.32 Å². The predicted octanol–water partition coefficient (Wildman–Crippen LogP) is 3.51. The average molecular weight is 243 g/mol. The Balaban J connectivity index is 2.22. The van der Waals surface area contributed by atoms with E-state index in [1.165, 1.54) is 0 Å². The van der Waals surface area contributed by atoms with Gasteiger partial charge in [-0.05, 0) is 29.3 Å². The van der Waals surface area contributed by atoms with Gasteiger partial charge in [-0.2, -0.15) is 0 Å². The third-order valence-corrected chi connectivity index (χ3v) is 2.97. The third-order valence-electron chi connectivity index (χ3n) is 2.97. The van der Waals surface area contributed by atoms with Crippen LogP contribution in [0.15, 0.2) is 42.5 Å². The molecule has 94 valence electrons. The largest absolute Gasteiger partial charge is 0.480 e. The molecule has 2 aromatic carbocycles. The van der Waals surface area contributed by atoms with Gasteiger partial charge in [0, 0.05) is 5.69 Å². The highest BCUT2D eigenvalue weighted by molar-refractivity contribution is 5.86. The molecule has 0 aliphatic carbocycles. The standard InChI is InChI=1S/C15H17NO2/c1-2-5-14(15(17)18)16-13-9-8-11-6-3-4-7-12(11)10-13/h3-4,6-10,14,16H,2,5H2,1H3,(H,17,18)/t14-/m0/s1. The van der Waals surface area contributed by atoms with Gasteiger partial charge in [-0.3, -0.25) is 0 Å². The van der Waals surface area contributed by atoms with Crippen molar-refractivity contribution in [2.24, 2.45) is 0 Å². The van der Waals surface area contributed by atoms with Crippen molar-refractivity contribution in [1.82, 2.24) is 0 Å². The normalized spacial score (nSPS) is 12.3. The van der Waals surface area contributed by atoms with E-state index in [2.05, 4.69) is 5.32 Å². The minimum absolute atomic E-state index is 0.517. The second-order valence-corrected chi connectivity index (χ2v) is 4.39. The third kappa shape index (κ3) is 2.80. The molecule has 0 saturated carbocycles. The van der Waals surface area contributed by atoms with Gasteiger partial charge in [0.1, 0.15) is 6.04 Å². The van der Waals surface area contributed by atoms with Crippen molar-refractivity contribution in [2.75, 3.05) is 5.32 Å². The summed E-state index contributed by atoms with van der Waals surface area (Å²) in [6.45, 7) is 1.98. The van der Waals surface area contributed by atoms with Crippen LogP contribution in [0.3, 0.4) is 0 Å². The van der Waals surface area contributed by atoms with Crippen molar-refractivity contribution < 1.29 is 9.90 Å². The quantitative estimate of drug-likeness (QED) is 0.845. The summed E-state index contributed by atoms with van der Waals surface area (Å²) >= 11 is 0. The van der Waals surface area contributed by atoms with Crippen LogP contribution in [0, 0.1) is 0 Å².